The normalized spacial score (nSPS) is 19.9. The molecule has 1 heterocycles. The van der Waals surface area contributed by atoms with Crippen LogP contribution in [0.2, 0.25) is 0 Å². The lowest BCUT2D eigenvalue weighted by Gasteiger charge is -2.40. The van der Waals surface area contributed by atoms with Gasteiger partial charge in [-0.2, -0.15) is 0 Å². The van der Waals surface area contributed by atoms with Gasteiger partial charge in [-0.1, -0.05) is 87.8 Å². The molecule has 2 atom stereocenters. The molecule has 0 radical (unpaired) electrons. The van der Waals surface area contributed by atoms with E-state index in [1.54, 1.807) is 5.57 Å². The van der Waals surface area contributed by atoms with E-state index < -0.39 is 0 Å². The molecule has 0 N–H and O–H groups in total. The molecule has 1 aliphatic carbocycles. The maximum atomic E-state index is 4.91. The van der Waals surface area contributed by atoms with Crippen LogP contribution in [0.25, 0.3) is 16.3 Å². The molecular formula is C27H35N. The van der Waals surface area contributed by atoms with E-state index in [2.05, 4.69) is 83.2 Å². The summed E-state index contributed by atoms with van der Waals surface area (Å²) in [5.41, 5.74) is 5.75. The fraction of sp³-hybridized carbons (Fsp3) is 0.444. The van der Waals surface area contributed by atoms with E-state index in [9.17, 15) is 0 Å². The second-order valence-corrected chi connectivity index (χ2v) is 8.48. The molecule has 148 valence electrons. The second kappa shape index (κ2) is 8.90. The van der Waals surface area contributed by atoms with Crippen molar-refractivity contribution < 1.29 is 0 Å². The molecule has 1 aromatic carbocycles. The van der Waals surface area contributed by atoms with Gasteiger partial charge in [0.2, 0.25) is 0 Å². The maximum absolute atomic E-state index is 4.91. The molecule has 3 rings (SSSR count). The van der Waals surface area contributed by atoms with Gasteiger partial charge in [0.25, 0.3) is 0 Å². The highest BCUT2D eigenvalue weighted by atomic mass is 14.7. The van der Waals surface area contributed by atoms with Gasteiger partial charge >= 0.3 is 0 Å². The van der Waals surface area contributed by atoms with Crippen LogP contribution in [0.3, 0.4) is 0 Å². The van der Waals surface area contributed by atoms with Crippen LogP contribution in [0, 0.1) is 11.3 Å². The van der Waals surface area contributed by atoms with Crippen LogP contribution in [0.1, 0.15) is 72.4 Å². The standard InChI is InChI=1S/C27H35N/c1-6-9-15-27(5,14-7-2)25-17-21(8-3)20(4)16-24(25)26-18-22-12-10-11-13-23(22)19-28-26/h9-13,15-16,18-19,25H,6-8,14,17H2,1-5H3. The number of fused-ring (bicyclic) bond motifs is 1. The van der Waals surface area contributed by atoms with Crippen LogP contribution >= 0.6 is 0 Å². The summed E-state index contributed by atoms with van der Waals surface area (Å²) in [5, 5.41) is 2.49. The zero-order chi connectivity index (χ0) is 20.1. The summed E-state index contributed by atoms with van der Waals surface area (Å²) in [7, 11) is 0. The molecule has 0 amide bonds. The number of pyridine rings is 1. The number of hydrogen-bond acceptors (Lipinski definition) is 1. The average molecular weight is 374 g/mol. The molecule has 0 fully saturated rings. The first-order chi connectivity index (χ1) is 13.5. The van der Waals surface area contributed by atoms with Crippen LogP contribution < -0.4 is 0 Å². The van der Waals surface area contributed by atoms with Gasteiger partial charge in [0.05, 0.1) is 5.69 Å². The molecule has 0 saturated carbocycles. The largest absolute Gasteiger partial charge is 0.256 e. The predicted octanol–water partition coefficient (Wildman–Crippen LogP) is 8.14. The Kier molecular flexibility index (Phi) is 6.54. The SMILES string of the molecule is CCC=CC(C)(CCC)C1CC(CC)=C(C)C=C1c1cc2ccccc2cn1. The van der Waals surface area contributed by atoms with E-state index in [1.165, 1.54) is 34.8 Å². The van der Waals surface area contributed by atoms with Crippen molar-refractivity contribution >= 4 is 16.3 Å². The first-order valence-electron chi connectivity index (χ1n) is 11.0. The third-order valence-corrected chi connectivity index (χ3v) is 6.43. The summed E-state index contributed by atoms with van der Waals surface area (Å²) in [5.74, 6) is 0.475. The van der Waals surface area contributed by atoms with Gasteiger partial charge in [0, 0.05) is 11.6 Å². The van der Waals surface area contributed by atoms with Crippen molar-refractivity contribution in [1.29, 1.82) is 0 Å². The van der Waals surface area contributed by atoms with Gasteiger partial charge in [-0.25, -0.2) is 0 Å². The fourth-order valence-electron chi connectivity index (χ4n) is 4.76. The van der Waals surface area contributed by atoms with Gasteiger partial charge < -0.3 is 0 Å². The van der Waals surface area contributed by atoms with Crippen molar-refractivity contribution in [3.8, 4) is 0 Å². The smallest absolute Gasteiger partial charge is 0.0671 e. The summed E-state index contributed by atoms with van der Waals surface area (Å²) in [6.45, 7) is 11.6. The average Bonchev–Trinajstić information content (AvgIpc) is 2.71. The molecule has 1 aromatic heterocycles. The molecular weight excluding hydrogens is 338 g/mol. The molecule has 0 aliphatic heterocycles. The van der Waals surface area contributed by atoms with Crippen LogP contribution in [0.5, 0.6) is 0 Å². The second-order valence-electron chi connectivity index (χ2n) is 8.48. The lowest BCUT2D eigenvalue weighted by Crippen LogP contribution is -2.29. The van der Waals surface area contributed by atoms with Crippen LogP contribution in [0.15, 0.2) is 65.9 Å². The maximum Gasteiger partial charge on any atom is 0.0671 e. The van der Waals surface area contributed by atoms with Gasteiger partial charge in [-0.05, 0) is 61.0 Å². The van der Waals surface area contributed by atoms with E-state index in [0.717, 1.165) is 25.0 Å². The number of hydrogen-bond donors (Lipinski definition) is 0. The Labute approximate surface area is 171 Å². The molecule has 28 heavy (non-hydrogen) atoms. The topological polar surface area (TPSA) is 12.9 Å². The highest BCUT2D eigenvalue weighted by Gasteiger charge is 2.36. The Morgan fingerprint density at radius 1 is 1.14 bits per heavy atom. The zero-order valence-corrected chi connectivity index (χ0v) is 18.3. The summed E-state index contributed by atoms with van der Waals surface area (Å²) in [6.07, 6.45) is 15.1. The number of allylic oxidation sites excluding steroid dienone is 6. The van der Waals surface area contributed by atoms with Gasteiger partial charge in [-0.3, -0.25) is 4.98 Å². The quantitative estimate of drug-likeness (QED) is 0.446. The minimum absolute atomic E-state index is 0.158. The van der Waals surface area contributed by atoms with Crippen molar-refractivity contribution in [1.82, 2.24) is 4.98 Å². The molecule has 0 saturated heterocycles. The Hall–Kier alpha value is -2.15. The lowest BCUT2D eigenvalue weighted by atomic mass is 9.64. The van der Waals surface area contributed by atoms with E-state index in [4.69, 9.17) is 4.98 Å². The van der Waals surface area contributed by atoms with Crippen molar-refractivity contribution in [3.63, 3.8) is 0 Å². The third kappa shape index (κ3) is 4.14. The van der Waals surface area contributed by atoms with E-state index in [1.807, 2.05) is 6.20 Å². The first kappa shape index (κ1) is 20.6. The highest BCUT2D eigenvalue weighted by molar-refractivity contribution is 5.85. The van der Waals surface area contributed by atoms with Crippen molar-refractivity contribution in [3.05, 3.63) is 71.6 Å². The molecule has 1 nitrogen and oxygen atoms in total. The summed E-state index contributed by atoms with van der Waals surface area (Å²) < 4.78 is 0. The summed E-state index contributed by atoms with van der Waals surface area (Å²) >= 11 is 0. The lowest BCUT2D eigenvalue weighted by molar-refractivity contribution is 0.284. The summed E-state index contributed by atoms with van der Waals surface area (Å²) in [6, 6.07) is 10.8. The van der Waals surface area contributed by atoms with Crippen molar-refractivity contribution in [2.75, 3.05) is 0 Å². The Bertz CT molecular complexity index is 915. The number of benzene rings is 1. The minimum atomic E-state index is 0.158. The number of rotatable bonds is 7. The molecule has 1 aliphatic rings. The first-order valence-corrected chi connectivity index (χ1v) is 11.0. The van der Waals surface area contributed by atoms with Crippen molar-refractivity contribution in [2.24, 2.45) is 11.3 Å². The van der Waals surface area contributed by atoms with Gasteiger partial charge in [0.1, 0.15) is 0 Å². The molecule has 1 heteroatoms. The molecule has 2 unspecified atom stereocenters. The number of aromatic nitrogens is 1. The fourth-order valence-corrected chi connectivity index (χ4v) is 4.76. The van der Waals surface area contributed by atoms with Crippen LogP contribution in [-0.4, -0.2) is 4.98 Å². The predicted molar refractivity (Wildman–Crippen MR) is 123 cm³/mol. The monoisotopic (exact) mass is 373 g/mol. The Morgan fingerprint density at radius 3 is 2.57 bits per heavy atom. The molecule has 2 aromatic rings. The highest BCUT2D eigenvalue weighted by Crippen LogP contribution is 2.49. The van der Waals surface area contributed by atoms with Crippen LogP contribution in [-0.2, 0) is 0 Å². The van der Waals surface area contributed by atoms with Crippen LogP contribution in [0.4, 0.5) is 0 Å². The minimum Gasteiger partial charge on any atom is -0.256 e. The Balaban J connectivity index is 2.13. The van der Waals surface area contributed by atoms with E-state index >= 15 is 0 Å². The van der Waals surface area contributed by atoms with Crippen molar-refractivity contribution in [2.45, 2.75) is 66.7 Å². The van der Waals surface area contributed by atoms with E-state index in [-0.39, 0.29) is 5.41 Å². The van der Waals surface area contributed by atoms with E-state index in [0.29, 0.717) is 5.92 Å². The Morgan fingerprint density at radius 2 is 1.89 bits per heavy atom. The zero-order valence-electron chi connectivity index (χ0n) is 18.3. The van der Waals surface area contributed by atoms with Gasteiger partial charge in [-0.15, -0.1) is 0 Å². The van der Waals surface area contributed by atoms with Gasteiger partial charge in [0.15, 0.2) is 0 Å². The molecule has 0 bridgehead atoms. The molecule has 0 spiro atoms. The third-order valence-electron chi connectivity index (χ3n) is 6.43. The number of nitrogens with zero attached hydrogens (tertiary/aromatic N) is 1. The summed E-state index contributed by atoms with van der Waals surface area (Å²) in [4.78, 5) is 4.91.